The van der Waals surface area contributed by atoms with E-state index in [2.05, 4.69) is 17.4 Å². The Morgan fingerprint density at radius 2 is 2.06 bits per heavy atom. The molecule has 2 nitrogen and oxygen atoms in total. The maximum absolute atomic E-state index is 5.45. The van der Waals surface area contributed by atoms with Crippen LogP contribution in [0.25, 0.3) is 0 Å². The van der Waals surface area contributed by atoms with E-state index in [1.807, 2.05) is 0 Å². The van der Waals surface area contributed by atoms with E-state index in [1.165, 1.54) is 49.8 Å². The second kappa shape index (κ2) is 4.10. The van der Waals surface area contributed by atoms with Gasteiger partial charge in [-0.3, -0.25) is 0 Å². The predicted molar refractivity (Wildman–Crippen MR) is 65.0 cm³/mol. The van der Waals surface area contributed by atoms with Crippen LogP contribution < -0.4 is 10.1 Å². The normalized spacial score (nSPS) is 23.4. The highest BCUT2D eigenvalue weighted by Crippen LogP contribution is 2.37. The fraction of sp³-hybridized carbons (Fsp3) is 0.571. The first kappa shape index (κ1) is 10.2. The quantitative estimate of drug-likeness (QED) is 0.822. The number of hydrogen-bond acceptors (Lipinski definition) is 2. The van der Waals surface area contributed by atoms with Crippen LogP contribution in [0.15, 0.2) is 12.1 Å². The van der Waals surface area contributed by atoms with E-state index in [4.69, 9.17) is 4.74 Å². The number of hydrogen-bond donors (Lipinski definition) is 1. The van der Waals surface area contributed by atoms with Gasteiger partial charge < -0.3 is 10.1 Å². The molecular weight excluding hydrogens is 198 g/mol. The molecule has 0 amide bonds. The standard InChI is InChI=1S/C14H19NO/c1-16-14-8-7-11(13-6-3-9-15-13)10-4-2-5-12(10)14/h7-8,13,15H,2-6,9H2,1H3/t13-/m1/s1. The molecule has 0 bridgehead atoms. The highest BCUT2D eigenvalue weighted by Gasteiger charge is 2.25. The van der Waals surface area contributed by atoms with Crippen LogP contribution >= 0.6 is 0 Å². The fourth-order valence-corrected chi connectivity index (χ4v) is 3.17. The molecule has 0 unspecified atom stereocenters. The van der Waals surface area contributed by atoms with Crippen LogP contribution in [0.4, 0.5) is 0 Å². The molecule has 1 atom stereocenters. The van der Waals surface area contributed by atoms with Gasteiger partial charge in [0.25, 0.3) is 0 Å². The third-order valence-electron chi connectivity index (χ3n) is 3.93. The van der Waals surface area contributed by atoms with Gasteiger partial charge in [0.15, 0.2) is 0 Å². The largest absolute Gasteiger partial charge is 0.496 e. The zero-order chi connectivity index (χ0) is 11.0. The molecule has 1 aromatic carbocycles. The van der Waals surface area contributed by atoms with Gasteiger partial charge in [0, 0.05) is 6.04 Å². The summed E-state index contributed by atoms with van der Waals surface area (Å²) in [7, 11) is 1.78. The van der Waals surface area contributed by atoms with Gasteiger partial charge in [-0.25, -0.2) is 0 Å². The number of methoxy groups -OCH3 is 1. The summed E-state index contributed by atoms with van der Waals surface area (Å²) >= 11 is 0. The molecule has 2 aliphatic rings. The van der Waals surface area contributed by atoms with Crippen LogP contribution in [0.1, 0.15) is 42.0 Å². The summed E-state index contributed by atoms with van der Waals surface area (Å²) in [5, 5.41) is 3.60. The molecule has 1 N–H and O–H groups in total. The molecule has 2 heteroatoms. The summed E-state index contributed by atoms with van der Waals surface area (Å²) in [5.41, 5.74) is 4.57. The molecule has 1 aliphatic heterocycles. The number of benzene rings is 1. The molecule has 1 heterocycles. The van der Waals surface area contributed by atoms with Gasteiger partial charge >= 0.3 is 0 Å². The van der Waals surface area contributed by atoms with Crippen molar-refractivity contribution in [3.63, 3.8) is 0 Å². The van der Waals surface area contributed by atoms with Gasteiger partial charge in [0.2, 0.25) is 0 Å². The first-order valence-corrected chi connectivity index (χ1v) is 6.32. The van der Waals surface area contributed by atoms with Crippen LogP contribution in [0.2, 0.25) is 0 Å². The number of rotatable bonds is 2. The highest BCUT2D eigenvalue weighted by molar-refractivity contribution is 5.49. The monoisotopic (exact) mass is 217 g/mol. The minimum absolute atomic E-state index is 0.595. The smallest absolute Gasteiger partial charge is 0.122 e. The van der Waals surface area contributed by atoms with Crippen LogP contribution in [0, 0.1) is 0 Å². The SMILES string of the molecule is COc1ccc([C@H]2CCCN2)c2c1CCC2. The molecule has 0 aromatic heterocycles. The lowest BCUT2D eigenvalue weighted by Gasteiger charge is -2.17. The minimum Gasteiger partial charge on any atom is -0.496 e. The van der Waals surface area contributed by atoms with E-state index in [1.54, 1.807) is 12.7 Å². The van der Waals surface area contributed by atoms with E-state index in [-0.39, 0.29) is 0 Å². The summed E-state index contributed by atoms with van der Waals surface area (Å²) < 4.78 is 5.45. The van der Waals surface area contributed by atoms with Crippen molar-refractivity contribution in [1.29, 1.82) is 0 Å². The Labute approximate surface area is 97.0 Å². The van der Waals surface area contributed by atoms with E-state index in [0.717, 1.165) is 5.75 Å². The maximum atomic E-state index is 5.45. The van der Waals surface area contributed by atoms with Gasteiger partial charge in [0.1, 0.15) is 5.75 Å². The number of fused-ring (bicyclic) bond motifs is 1. The van der Waals surface area contributed by atoms with E-state index < -0.39 is 0 Å². The molecule has 0 spiro atoms. The second-order valence-electron chi connectivity index (χ2n) is 4.82. The highest BCUT2D eigenvalue weighted by atomic mass is 16.5. The minimum atomic E-state index is 0.595. The molecule has 86 valence electrons. The molecular formula is C14H19NO. The second-order valence-corrected chi connectivity index (χ2v) is 4.82. The third kappa shape index (κ3) is 1.52. The molecule has 1 saturated heterocycles. The topological polar surface area (TPSA) is 21.3 Å². The van der Waals surface area contributed by atoms with E-state index >= 15 is 0 Å². The lowest BCUT2D eigenvalue weighted by molar-refractivity contribution is 0.410. The van der Waals surface area contributed by atoms with Gasteiger partial charge in [-0.2, -0.15) is 0 Å². The van der Waals surface area contributed by atoms with Crippen LogP contribution in [-0.2, 0) is 12.8 Å². The van der Waals surface area contributed by atoms with Crippen molar-refractivity contribution in [1.82, 2.24) is 5.32 Å². The molecule has 1 aromatic rings. The zero-order valence-corrected chi connectivity index (χ0v) is 9.88. The summed E-state index contributed by atoms with van der Waals surface area (Å²) in [6.45, 7) is 1.17. The molecule has 3 rings (SSSR count). The van der Waals surface area contributed by atoms with E-state index in [0.29, 0.717) is 6.04 Å². The third-order valence-corrected chi connectivity index (χ3v) is 3.93. The predicted octanol–water partition coefficient (Wildman–Crippen LogP) is 2.61. The van der Waals surface area contributed by atoms with Crippen molar-refractivity contribution >= 4 is 0 Å². The lowest BCUT2D eigenvalue weighted by atomic mass is 9.96. The summed E-state index contributed by atoms with van der Waals surface area (Å²) in [4.78, 5) is 0. The van der Waals surface area contributed by atoms with Crippen molar-refractivity contribution in [2.45, 2.75) is 38.1 Å². The molecule has 1 fully saturated rings. The Morgan fingerprint density at radius 3 is 2.81 bits per heavy atom. The van der Waals surface area contributed by atoms with E-state index in [9.17, 15) is 0 Å². The van der Waals surface area contributed by atoms with Crippen LogP contribution in [0.5, 0.6) is 5.75 Å². The Hall–Kier alpha value is -1.02. The summed E-state index contributed by atoms with van der Waals surface area (Å²) in [6, 6.07) is 5.02. The molecule has 16 heavy (non-hydrogen) atoms. The summed E-state index contributed by atoms with van der Waals surface area (Å²) in [6.07, 6.45) is 6.32. The van der Waals surface area contributed by atoms with Gasteiger partial charge in [-0.15, -0.1) is 0 Å². The van der Waals surface area contributed by atoms with Gasteiger partial charge in [-0.05, 0) is 61.4 Å². The number of nitrogens with one attached hydrogen (secondary N) is 1. The van der Waals surface area contributed by atoms with Crippen molar-refractivity contribution in [3.05, 3.63) is 28.8 Å². The summed E-state index contributed by atoms with van der Waals surface area (Å²) in [5.74, 6) is 1.09. The van der Waals surface area contributed by atoms with Gasteiger partial charge in [-0.1, -0.05) is 6.07 Å². The zero-order valence-electron chi connectivity index (χ0n) is 9.88. The molecule has 0 saturated carbocycles. The molecule has 0 radical (unpaired) electrons. The average Bonchev–Trinajstić information content (AvgIpc) is 2.98. The fourth-order valence-electron chi connectivity index (χ4n) is 3.17. The Bertz CT molecular complexity index is 394. The Balaban J connectivity index is 2.03. The average molecular weight is 217 g/mol. The van der Waals surface area contributed by atoms with Gasteiger partial charge in [0.05, 0.1) is 7.11 Å². The maximum Gasteiger partial charge on any atom is 0.122 e. The van der Waals surface area contributed by atoms with Crippen molar-refractivity contribution in [2.75, 3.05) is 13.7 Å². The number of ether oxygens (including phenoxy) is 1. The van der Waals surface area contributed by atoms with Crippen molar-refractivity contribution < 1.29 is 4.74 Å². The van der Waals surface area contributed by atoms with Crippen molar-refractivity contribution in [2.24, 2.45) is 0 Å². The van der Waals surface area contributed by atoms with Crippen LogP contribution in [-0.4, -0.2) is 13.7 Å². The Morgan fingerprint density at radius 1 is 1.19 bits per heavy atom. The first-order valence-electron chi connectivity index (χ1n) is 6.32. The Kier molecular flexibility index (Phi) is 2.60. The lowest BCUT2D eigenvalue weighted by Crippen LogP contribution is -2.14. The molecule has 1 aliphatic carbocycles. The van der Waals surface area contributed by atoms with Crippen LogP contribution in [0.3, 0.4) is 0 Å². The van der Waals surface area contributed by atoms with Crippen molar-refractivity contribution in [3.8, 4) is 5.75 Å². The first-order chi connectivity index (χ1) is 7.90.